The van der Waals surface area contributed by atoms with Crippen LogP contribution in [0.3, 0.4) is 0 Å². The van der Waals surface area contributed by atoms with E-state index in [4.69, 9.17) is 5.73 Å². The van der Waals surface area contributed by atoms with Crippen LogP contribution in [-0.4, -0.2) is 42.0 Å². The molecule has 1 aliphatic rings. The lowest BCUT2D eigenvalue weighted by Crippen LogP contribution is -2.51. The second kappa shape index (κ2) is 8.61. The van der Waals surface area contributed by atoms with Crippen molar-refractivity contribution < 1.29 is 4.39 Å². The summed E-state index contributed by atoms with van der Waals surface area (Å²) in [5.74, 6) is 0.318. The van der Waals surface area contributed by atoms with Crippen LogP contribution >= 0.6 is 35.3 Å². The van der Waals surface area contributed by atoms with Gasteiger partial charge in [0.15, 0.2) is 11.1 Å². The van der Waals surface area contributed by atoms with Gasteiger partial charge in [0, 0.05) is 37.8 Å². The second-order valence-electron chi connectivity index (χ2n) is 5.55. The summed E-state index contributed by atoms with van der Waals surface area (Å²) in [5, 5.41) is 3.04. The maximum atomic E-state index is 13.5. The van der Waals surface area contributed by atoms with E-state index in [0.29, 0.717) is 18.1 Å². The van der Waals surface area contributed by atoms with Crippen LogP contribution in [0.25, 0.3) is 0 Å². The van der Waals surface area contributed by atoms with E-state index >= 15 is 0 Å². The molecule has 3 rings (SSSR count). The number of rotatable bonds is 3. The average Bonchev–Trinajstić information content (AvgIpc) is 3.10. The molecular formula is C16H21FIN5S. The number of halogens is 2. The van der Waals surface area contributed by atoms with Crippen molar-refractivity contribution in [1.82, 2.24) is 9.88 Å². The first-order valence-electron chi connectivity index (χ1n) is 7.58. The van der Waals surface area contributed by atoms with Gasteiger partial charge in [0.05, 0.1) is 6.54 Å². The number of hydrogen-bond donors (Lipinski definition) is 1. The van der Waals surface area contributed by atoms with E-state index in [1.165, 1.54) is 6.07 Å². The number of thiazole rings is 1. The molecule has 0 aliphatic carbocycles. The van der Waals surface area contributed by atoms with Crippen molar-refractivity contribution in [2.75, 3.05) is 31.1 Å². The molecule has 0 spiro atoms. The van der Waals surface area contributed by atoms with Crippen LogP contribution in [0.4, 0.5) is 9.52 Å². The van der Waals surface area contributed by atoms with Gasteiger partial charge in [-0.3, -0.25) is 0 Å². The van der Waals surface area contributed by atoms with Gasteiger partial charge in [0.2, 0.25) is 0 Å². The summed E-state index contributed by atoms with van der Waals surface area (Å²) >= 11 is 1.65. The van der Waals surface area contributed by atoms with Crippen molar-refractivity contribution in [2.45, 2.75) is 13.5 Å². The average molecular weight is 461 g/mol. The largest absolute Gasteiger partial charge is 0.370 e. The molecule has 2 N–H and O–H groups in total. The summed E-state index contributed by atoms with van der Waals surface area (Å²) in [4.78, 5) is 13.0. The van der Waals surface area contributed by atoms with E-state index in [9.17, 15) is 4.39 Å². The number of aliphatic imine (C=N–C) groups is 1. The van der Waals surface area contributed by atoms with E-state index in [1.807, 2.05) is 17.6 Å². The van der Waals surface area contributed by atoms with Gasteiger partial charge in [-0.2, -0.15) is 0 Å². The van der Waals surface area contributed by atoms with Gasteiger partial charge >= 0.3 is 0 Å². The molecule has 0 saturated carbocycles. The number of nitrogens with zero attached hydrogens (tertiary/aromatic N) is 4. The third kappa shape index (κ3) is 4.56. The Kier molecular flexibility index (Phi) is 6.79. The molecule has 1 aliphatic heterocycles. The van der Waals surface area contributed by atoms with Crippen molar-refractivity contribution in [2.24, 2.45) is 10.7 Å². The van der Waals surface area contributed by atoms with Crippen LogP contribution in [0, 0.1) is 12.7 Å². The van der Waals surface area contributed by atoms with Gasteiger partial charge in [-0.1, -0.05) is 12.1 Å². The highest BCUT2D eigenvalue weighted by molar-refractivity contribution is 14.0. The van der Waals surface area contributed by atoms with Crippen molar-refractivity contribution in [1.29, 1.82) is 0 Å². The molecule has 1 saturated heterocycles. The maximum Gasteiger partial charge on any atom is 0.191 e. The van der Waals surface area contributed by atoms with Gasteiger partial charge in [-0.05, 0) is 24.1 Å². The first-order chi connectivity index (χ1) is 11.1. The smallest absolute Gasteiger partial charge is 0.191 e. The Balaban J connectivity index is 0.00000208. The number of aryl methyl sites for hydroxylation is 1. The molecule has 0 atom stereocenters. The maximum absolute atomic E-state index is 13.5. The molecule has 130 valence electrons. The van der Waals surface area contributed by atoms with E-state index in [2.05, 4.69) is 19.8 Å². The molecule has 24 heavy (non-hydrogen) atoms. The number of anilines is 1. The molecular weight excluding hydrogens is 440 g/mol. The molecule has 0 amide bonds. The minimum absolute atomic E-state index is 0. The highest BCUT2D eigenvalue weighted by Crippen LogP contribution is 2.18. The summed E-state index contributed by atoms with van der Waals surface area (Å²) in [7, 11) is 0. The fourth-order valence-corrected chi connectivity index (χ4v) is 3.20. The Hall–Kier alpha value is -1.42. The fourth-order valence-electron chi connectivity index (χ4n) is 2.51. The quantitative estimate of drug-likeness (QED) is 0.434. The lowest BCUT2D eigenvalue weighted by Gasteiger charge is -2.35. The summed E-state index contributed by atoms with van der Waals surface area (Å²) < 4.78 is 13.5. The van der Waals surface area contributed by atoms with Crippen LogP contribution in [0.1, 0.15) is 11.1 Å². The SMILES string of the molecule is Cc1ccc(CN=C(N)N2CCN(c3nccs3)CC2)cc1F.I. The fraction of sp³-hybridized carbons (Fsp3) is 0.375. The van der Waals surface area contributed by atoms with Crippen molar-refractivity contribution in [3.8, 4) is 0 Å². The van der Waals surface area contributed by atoms with Crippen LogP contribution < -0.4 is 10.6 Å². The lowest BCUT2D eigenvalue weighted by atomic mass is 10.1. The Bertz CT molecular complexity index is 684. The van der Waals surface area contributed by atoms with Crippen LogP contribution in [0.5, 0.6) is 0 Å². The Morgan fingerprint density at radius 2 is 2.08 bits per heavy atom. The van der Waals surface area contributed by atoms with E-state index in [1.54, 1.807) is 24.3 Å². The van der Waals surface area contributed by atoms with Crippen LogP contribution in [0.15, 0.2) is 34.8 Å². The zero-order valence-corrected chi connectivity index (χ0v) is 16.6. The summed E-state index contributed by atoms with van der Waals surface area (Å²) in [6, 6.07) is 5.17. The second-order valence-corrected chi connectivity index (χ2v) is 6.42. The molecule has 2 heterocycles. The molecule has 0 radical (unpaired) electrons. The molecule has 1 aromatic carbocycles. The first-order valence-corrected chi connectivity index (χ1v) is 8.46. The number of guanidine groups is 1. The molecule has 1 aromatic heterocycles. The van der Waals surface area contributed by atoms with Gasteiger partial charge in [-0.25, -0.2) is 14.4 Å². The van der Waals surface area contributed by atoms with Gasteiger partial charge < -0.3 is 15.5 Å². The third-order valence-electron chi connectivity index (χ3n) is 3.95. The van der Waals surface area contributed by atoms with E-state index < -0.39 is 0 Å². The number of nitrogens with two attached hydrogens (primary N) is 1. The molecule has 8 heteroatoms. The molecule has 0 unspecified atom stereocenters. The third-order valence-corrected chi connectivity index (χ3v) is 4.79. The van der Waals surface area contributed by atoms with Crippen LogP contribution in [-0.2, 0) is 6.54 Å². The lowest BCUT2D eigenvalue weighted by molar-refractivity contribution is 0.380. The molecule has 2 aromatic rings. The predicted molar refractivity (Wildman–Crippen MR) is 108 cm³/mol. The monoisotopic (exact) mass is 461 g/mol. The standard InChI is InChI=1S/C16H20FN5S.HI/c1-12-2-3-13(10-14(12)17)11-20-15(18)21-5-7-22(8-6-21)16-19-4-9-23-16;/h2-4,9-10H,5-8,11H2,1H3,(H2,18,20);1H. The topological polar surface area (TPSA) is 57.8 Å². The number of aromatic nitrogens is 1. The van der Waals surface area contributed by atoms with E-state index in [-0.39, 0.29) is 29.8 Å². The Labute approximate surface area is 162 Å². The Morgan fingerprint density at radius 3 is 2.71 bits per heavy atom. The highest BCUT2D eigenvalue weighted by Gasteiger charge is 2.19. The zero-order chi connectivity index (χ0) is 16.2. The Morgan fingerprint density at radius 1 is 1.33 bits per heavy atom. The highest BCUT2D eigenvalue weighted by atomic mass is 127. The molecule has 0 bridgehead atoms. The minimum atomic E-state index is -0.201. The zero-order valence-electron chi connectivity index (χ0n) is 13.5. The first kappa shape index (κ1) is 18.9. The number of hydrogen-bond acceptors (Lipinski definition) is 4. The van der Waals surface area contributed by atoms with Crippen molar-refractivity contribution in [3.63, 3.8) is 0 Å². The van der Waals surface area contributed by atoms with Gasteiger partial charge in [-0.15, -0.1) is 35.3 Å². The molecule has 5 nitrogen and oxygen atoms in total. The predicted octanol–water partition coefficient (Wildman–Crippen LogP) is 2.85. The normalized spacial score (nSPS) is 15.3. The van der Waals surface area contributed by atoms with Crippen molar-refractivity contribution >= 4 is 46.4 Å². The van der Waals surface area contributed by atoms with Gasteiger partial charge in [0.25, 0.3) is 0 Å². The number of piperazine rings is 1. The van der Waals surface area contributed by atoms with Crippen molar-refractivity contribution in [3.05, 3.63) is 46.7 Å². The van der Waals surface area contributed by atoms with Gasteiger partial charge in [0.1, 0.15) is 5.82 Å². The summed E-state index contributed by atoms with van der Waals surface area (Å²) in [6.45, 7) is 5.54. The minimum Gasteiger partial charge on any atom is -0.370 e. The van der Waals surface area contributed by atoms with Crippen LogP contribution in [0.2, 0.25) is 0 Å². The summed E-state index contributed by atoms with van der Waals surface area (Å²) in [6.07, 6.45) is 1.82. The number of benzene rings is 1. The molecule has 1 fully saturated rings. The van der Waals surface area contributed by atoms with E-state index in [0.717, 1.165) is 36.9 Å². The summed E-state index contributed by atoms with van der Waals surface area (Å²) in [5.41, 5.74) is 7.55.